The minimum atomic E-state index is 0.382. The number of aliphatic imine (C=N–C) groups is 1. The summed E-state index contributed by atoms with van der Waals surface area (Å²) in [5.74, 6) is 1.38. The molecule has 0 aliphatic heterocycles. The Morgan fingerprint density at radius 1 is 1.46 bits per heavy atom. The van der Waals surface area contributed by atoms with Crippen LogP contribution >= 0.6 is 0 Å². The molecule has 0 unspecified atom stereocenters. The van der Waals surface area contributed by atoms with Crippen LogP contribution in [0.15, 0.2) is 4.99 Å². The third-order valence-electron chi connectivity index (χ3n) is 2.43. The van der Waals surface area contributed by atoms with Gasteiger partial charge in [-0.2, -0.15) is 0 Å². The molecule has 0 bridgehead atoms. The molecule has 0 aromatic carbocycles. The fourth-order valence-electron chi connectivity index (χ4n) is 1.76. The third kappa shape index (κ3) is 4.15. The van der Waals surface area contributed by atoms with E-state index in [4.69, 9.17) is 5.73 Å². The molecule has 3 nitrogen and oxygen atoms in total. The van der Waals surface area contributed by atoms with E-state index >= 15 is 0 Å². The van der Waals surface area contributed by atoms with E-state index in [1.54, 1.807) is 0 Å². The Morgan fingerprint density at radius 3 is 2.62 bits per heavy atom. The van der Waals surface area contributed by atoms with Crippen LogP contribution in [-0.2, 0) is 0 Å². The summed E-state index contributed by atoms with van der Waals surface area (Å²) in [5.41, 5.74) is 5.69. The van der Waals surface area contributed by atoms with Gasteiger partial charge in [0.15, 0.2) is 5.96 Å². The molecule has 13 heavy (non-hydrogen) atoms. The molecule has 0 atom stereocenters. The first-order valence-corrected chi connectivity index (χ1v) is 5.25. The summed E-state index contributed by atoms with van der Waals surface area (Å²) in [7, 11) is 0. The zero-order valence-electron chi connectivity index (χ0n) is 8.71. The Morgan fingerprint density at radius 2 is 2.08 bits per heavy atom. The number of hydrogen-bond donors (Lipinski definition) is 2. The molecule has 3 N–H and O–H groups in total. The Labute approximate surface area is 80.8 Å². The van der Waals surface area contributed by atoms with Crippen molar-refractivity contribution in [2.45, 2.75) is 45.6 Å². The zero-order chi connectivity index (χ0) is 9.68. The van der Waals surface area contributed by atoms with E-state index < -0.39 is 0 Å². The summed E-state index contributed by atoms with van der Waals surface area (Å²) in [6.45, 7) is 5.04. The number of nitrogens with two attached hydrogens (primary N) is 1. The number of nitrogens with one attached hydrogen (secondary N) is 1. The highest BCUT2D eigenvalue weighted by molar-refractivity contribution is 5.78. The van der Waals surface area contributed by atoms with Crippen molar-refractivity contribution < 1.29 is 0 Å². The van der Waals surface area contributed by atoms with Gasteiger partial charge in [0, 0.05) is 12.6 Å². The van der Waals surface area contributed by atoms with Crippen LogP contribution in [-0.4, -0.2) is 18.5 Å². The normalized spacial score (nSPS) is 19.8. The molecule has 1 saturated carbocycles. The Hall–Kier alpha value is -0.730. The van der Waals surface area contributed by atoms with Crippen LogP contribution in [0.3, 0.4) is 0 Å². The first-order valence-electron chi connectivity index (χ1n) is 5.25. The van der Waals surface area contributed by atoms with E-state index in [0.29, 0.717) is 12.0 Å². The van der Waals surface area contributed by atoms with Gasteiger partial charge in [0.25, 0.3) is 0 Å². The van der Waals surface area contributed by atoms with E-state index in [1.165, 1.54) is 25.7 Å². The second kappa shape index (κ2) is 5.10. The van der Waals surface area contributed by atoms with E-state index in [1.807, 2.05) is 0 Å². The van der Waals surface area contributed by atoms with Gasteiger partial charge in [-0.15, -0.1) is 0 Å². The predicted octanol–water partition coefficient (Wildman–Crippen LogP) is 1.49. The molecule has 0 spiro atoms. The maximum Gasteiger partial charge on any atom is 0.188 e. The highest BCUT2D eigenvalue weighted by Crippen LogP contribution is 2.24. The monoisotopic (exact) mass is 183 g/mol. The first-order chi connectivity index (χ1) is 6.18. The van der Waals surface area contributed by atoms with Gasteiger partial charge in [0.1, 0.15) is 0 Å². The largest absolute Gasteiger partial charge is 0.370 e. The molecule has 1 rings (SSSR count). The van der Waals surface area contributed by atoms with Crippen LogP contribution in [0.4, 0.5) is 0 Å². The SMILES string of the molecule is CC(C)NC(N)=NCC1CCCC1. The molecular formula is C10H21N3. The Bertz CT molecular complexity index is 169. The smallest absolute Gasteiger partial charge is 0.188 e. The summed E-state index contributed by atoms with van der Waals surface area (Å²) < 4.78 is 0. The topological polar surface area (TPSA) is 50.4 Å². The van der Waals surface area contributed by atoms with Crippen molar-refractivity contribution in [2.75, 3.05) is 6.54 Å². The molecule has 3 heteroatoms. The molecule has 0 radical (unpaired) electrons. The molecule has 0 saturated heterocycles. The summed E-state index contributed by atoms with van der Waals surface area (Å²) in [5, 5.41) is 3.09. The van der Waals surface area contributed by atoms with E-state index in [-0.39, 0.29) is 0 Å². The lowest BCUT2D eigenvalue weighted by atomic mass is 10.1. The quantitative estimate of drug-likeness (QED) is 0.514. The van der Waals surface area contributed by atoms with E-state index in [0.717, 1.165) is 12.5 Å². The van der Waals surface area contributed by atoms with Crippen molar-refractivity contribution in [3.63, 3.8) is 0 Å². The molecule has 0 aromatic heterocycles. The van der Waals surface area contributed by atoms with Gasteiger partial charge in [-0.25, -0.2) is 0 Å². The van der Waals surface area contributed by atoms with Crippen LogP contribution in [0.2, 0.25) is 0 Å². The summed E-state index contributed by atoms with van der Waals surface area (Å²) in [6, 6.07) is 0.382. The average molecular weight is 183 g/mol. The highest BCUT2D eigenvalue weighted by Gasteiger charge is 2.13. The fourth-order valence-corrected chi connectivity index (χ4v) is 1.76. The number of guanidine groups is 1. The molecule has 0 amide bonds. The minimum absolute atomic E-state index is 0.382. The fraction of sp³-hybridized carbons (Fsp3) is 0.900. The summed E-state index contributed by atoms with van der Waals surface area (Å²) >= 11 is 0. The molecule has 1 fully saturated rings. The van der Waals surface area contributed by atoms with E-state index in [2.05, 4.69) is 24.2 Å². The van der Waals surface area contributed by atoms with Gasteiger partial charge in [0.2, 0.25) is 0 Å². The molecular weight excluding hydrogens is 162 g/mol. The van der Waals surface area contributed by atoms with Crippen LogP contribution in [0, 0.1) is 5.92 Å². The van der Waals surface area contributed by atoms with Crippen LogP contribution in [0.25, 0.3) is 0 Å². The Kier molecular flexibility index (Phi) is 4.06. The maximum atomic E-state index is 5.69. The summed E-state index contributed by atoms with van der Waals surface area (Å²) in [4.78, 5) is 4.33. The summed E-state index contributed by atoms with van der Waals surface area (Å²) in [6.07, 6.45) is 5.41. The lowest BCUT2D eigenvalue weighted by molar-refractivity contribution is 0.560. The van der Waals surface area contributed by atoms with Gasteiger partial charge in [0.05, 0.1) is 0 Å². The van der Waals surface area contributed by atoms with E-state index in [9.17, 15) is 0 Å². The molecule has 1 aliphatic rings. The Balaban J connectivity index is 2.21. The first kappa shape index (κ1) is 10.4. The number of nitrogens with zero attached hydrogens (tertiary/aromatic N) is 1. The van der Waals surface area contributed by atoms with Gasteiger partial charge in [-0.3, -0.25) is 4.99 Å². The van der Waals surface area contributed by atoms with Gasteiger partial charge in [-0.1, -0.05) is 12.8 Å². The minimum Gasteiger partial charge on any atom is -0.370 e. The lowest BCUT2D eigenvalue weighted by Gasteiger charge is -2.10. The van der Waals surface area contributed by atoms with Crippen molar-refractivity contribution in [1.82, 2.24) is 5.32 Å². The van der Waals surface area contributed by atoms with Crippen molar-refractivity contribution in [3.05, 3.63) is 0 Å². The van der Waals surface area contributed by atoms with Crippen molar-refractivity contribution in [1.29, 1.82) is 0 Å². The third-order valence-corrected chi connectivity index (χ3v) is 2.43. The number of rotatable bonds is 3. The second-order valence-electron chi connectivity index (χ2n) is 4.18. The molecule has 1 aliphatic carbocycles. The zero-order valence-corrected chi connectivity index (χ0v) is 8.71. The van der Waals surface area contributed by atoms with Crippen molar-refractivity contribution >= 4 is 5.96 Å². The second-order valence-corrected chi connectivity index (χ2v) is 4.18. The standard InChI is InChI=1S/C10H21N3/c1-8(2)13-10(11)12-7-9-5-3-4-6-9/h8-9H,3-7H2,1-2H3,(H3,11,12,13). The van der Waals surface area contributed by atoms with Gasteiger partial charge >= 0.3 is 0 Å². The molecule has 0 heterocycles. The average Bonchev–Trinajstić information content (AvgIpc) is 2.51. The highest BCUT2D eigenvalue weighted by atomic mass is 15.1. The van der Waals surface area contributed by atoms with Crippen LogP contribution in [0.5, 0.6) is 0 Å². The van der Waals surface area contributed by atoms with Crippen molar-refractivity contribution in [2.24, 2.45) is 16.6 Å². The van der Waals surface area contributed by atoms with Gasteiger partial charge < -0.3 is 11.1 Å². The van der Waals surface area contributed by atoms with Crippen LogP contribution in [0.1, 0.15) is 39.5 Å². The molecule has 76 valence electrons. The predicted molar refractivity (Wildman–Crippen MR) is 56.7 cm³/mol. The molecule has 0 aromatic rings. The lowest BCUT2D eigenvalue weighted by Crippen LogP contribution is -2.37. The maximum absolute atomic E-state index is 5.69. The van der Waals surface area contributed by atoms with Gasteiger partial charge in [-0.05, 0) is 32.6 Å². The number of hydrogen-bond acceptors (Lipinski definition) is 1. The van der Waals surface area contributed by atoms with Crippen molar-refractivity contribution in [3.8, 4) is 0 Å². The van der Waals surface area contributed by atoms with Crippen LogP contribution < -0.4 is 11.1 Å².